The largest absolute Gasteiger partial charge is 0.379 e. The Balaban J connectivity index is 1.93. The van der Waals surface area contributed by atoms with E-state index in [1.165, 1.54) is 11.0 Å². The number of hydrogen-bond acceptors (Lipinski definition) is 5. The number of carbonyl (C=O) groups is 1. The number of nitrogens with two attached hydrogens (primary N) is 1. The number of amides is 1. The topological polar surface area (TPSA) is 86.3 Å². The number of nitrogen functional groups attached to an aromatic ring is 1. The van der Waals surface area contributed by atoms with Crippen LogP contribution in [-0.4, -0.2) is 51.9 Å². The van der Waals surface area contributed by atoms with Crippen molar-refractivity contribution in [3.05, 3.63) is 6.33 Å². The molecular formula is C11H19N5O2. The number of likely N-dealkylation sites (tertiary alicyclic amines) is 1. The zero-order valence-corrected chi connectivity index (χ0v) is 10.7. The van der Waals surface area contributed by atoms with Gasteiger partial charge < -0.3 is 15.4 Å². The Morgan fingerprint density at radius 1 is 1.67 bits per heavy atom. The van der Waals surface area contributed by atoms with Crippen molar-refractivity contribution in [2.75, 3.05) is 25.9 Å². The molecule has 0 radical (unpaired) electrons. The molecule has 2 atom stereocenters. The Morgan fingerprint density at radius 2 is 2.44 bits per heavy atom. The first-order chi connectivity index (χ1) is 8.60. The van der Waals surface area contributed by atoms with Crippen LogP contribution in [0.15, 0.2) is 6.33 Å². The molecule has 1 saturated heterocycles. The summed E-state index contributed by atoms with van der Waals surface area (Å²) in [6, 6.07) is 0. The lowest BCUT2D eigenvalue weighted by atomic mass is 9.96. The second-order valence-electron chi connectivity index (χ2n) is 4.68. The second kappa shape index (κ2) is 5.34. The highest BCUT2D eigenvalue weighted by Gasteiger charge is 2.28. The van der Waals surface area contributed by atoms with Crippen molar-refractivity contribution in [3.63, 3.8) is 0 Å². The zero-order valence-electron chi connectivity index (χ0n) is 10.7. The van der Waals surface area contributed by atoms with Gasteiger partial charge in [-0.2, -0.15) is 0 Å². The van der Waals surface area contributed by atoms with E-state index in [4.69, 9.17) is 10.5 Å². The number of rotatable bonds is 3. The fourth-order valence-corrected chi connectivity index (χ4v) is 2.19. The van der Waals surface area contributed by atoms with Crippen molar-refractivity contribution in [2.45, 2.75) is 26.0 Å². The molecule has 0 aromatic carbocycles. The molecule has 0 saturated carbocycles. The molecule has 1 aromatic rings. The molecule has 1 aliphatic heterocycles. The molecule has 7 heteroatoms. The number of anilines is 1. The van der Waals surface area contributed by atoms with Crippen LogP contribution in [0.5, 0.6) is 0 Å². The van der Waals surface area contributed by atoms with Gasteiger partial charge in [0, 0.05) is 20.2 Å². The van der Waals surface area contributed by atoms with Crippen LogP contribution >= 0.6 is 0 Å². The van der Waals surface area contributed by atoms with Gasteiger partial charge in [-0.3, -0.25) is 4.79 Å². The molecule has 18 heavy (non-hydrogen) atoms. The second-order valence-corrected chi connectivity index (χ2v) is 4.68. The lowest BCUT2D eigenvalue weighted by molar-refractivity contribution is -0.137. The fraction of sp³-hybridized carbons (Fsp3) is 0.727. The Bertz CT molecular complexity index is 419. The van der Waals surface area contributed by atoms with Crippen LogP contribution in [0, 0.1) is 5.92 Å². The van der Waals surface area contributed by atoms with Gasteiger partial charge in [-0.05, 0) is 12.3 Å². The van der Waals surface area contributed by atoms with Gasteiger partial charge in [0.25, 0.3) is 0 Å². The summed E-state index contributed by atoms with van der Waals surface area (Å²) in [5.41, 5.74) is 5.41. The first-order valence-corrected chi connectivity index (χ1v) is 6.05. The molecule has 2 heterocycles. The third-order valence-corrected chi connectivity index (χ3v) is 3.40. The minimum absolute atomic E-state index is 0.0221. The van der Waals surface area contributed by atoms with E-state index in [-0.39, 0.29) is 24.5 Å². The highest BCUT2D eigenvalue weighted by molar-refractivity contribution is 5.76. The quantitative estimate of drug-likeness (QED) is 0.802. The summed E-state index contributed by atoms with van der Waals surface area (Å²) >= 11 is 0. The minimum Gasteiger partial charge on any atom is -0.379 e. The van der Waals surface area contributed by atoms with Crippen LogP contribution in [0.2, 0.25) is 0 Å². The predicted molar refractivity (Wildman–Crippen MR) is 65.6 cm³/mol. The van der Waals surface area contributed by atoms with E-state index in [2.05, 4.69) is 17.0 Å². The van der Waals surface area contributed by atoms with Gasteiger partial charge in [-0.1, -0.05) is 6.92 Å². The van der Waals surface area contributed by atoms with Gasteiger partial charge in [-0.15, -0.1) is 5.10 Å². The van der Waals surface area contributed by atoms with Gasteiger partial charge in [0.15, 0.2) is 0 Å². The number of carbonyl (C=O) groups excluding carboxylic acids is 1. The fourth-order valence-electron chi connectivity index (χ4n) is 2.19. The van der Waals surface area contributed by atoms with E-state index >= 15 is 0 Å². The predicted octanol–water partition coefficient (Wildman–Crippen LogP) is -0.256. The molecule has 1 fully saturated rings. The van der Waals surface area contributed by atoms with Crippen LogP contribution in [-0.2, 0) is 16.1 Å². The zero-order chi connectivity index (χ0) is 13.1. The summed E-state index contributed by atoms with van der Waals surface area (Å²) in [5.74, 6) is 0.694. The van der Waals surface area contributed by atoms with E-state index in [1.54, 1.807) is 7.11 Å². The molecule has 0 bridgehead atoms. The lowest BCUT2D eigenvalue weighted by Gasteiger charge is -2.36. The molecule has 0 spiro atoms. The molecular weight excluding hydrogens is 234 g/mol. The maximum Gasteiger partial charge on any atom is 0.244 e. The standard InChI is InChI=1S/C11H19N5O2/c1-8-3-4-15(5-9(8)18-2)10(17)6-16-7-13-11(12)14-16/h7-9H,3-6H2,1-2H3,(H2,12,14). The van der Waals surface area contributed by atoms with Crippen molar-refractivity contribution >= 4 is 11.9 Å². The SMILES string of the molecule is COC1CN(C(=O)Cn2cnc(N)n2)CCC1C. The third-order valence-electron chi connectivity index (χ3n) is 3.40. The number of hydrogen-bond donors (Lipinski definition) is 1. The summed E-state index contributed by atoms with van der Waals surface area (Å²) < 4.78 is 6.85. The van der Waals surface area contributed by atoms with E-state index in [0.29, 0.717) is 12.5 Å². The van der Waals surface area contributed by atoms with Gasteiger partial charge >= 0.3 is 0 Å². The number of aromatic nitrogens is 3. The third kappa shape index (κ3) is 2.79. The Hall–Kier alpha value is -1.63. The summed E-state index contributed by atoms with van der Waals surface area (Å²) in [6.07, 6.45) is 2.54. The average molecular weight is 253 g/mol. The number of nitrogens with zero attached hydrogens (tertiary/aromatic N) is 4. The first-order valence-electron chi connectivity index (χ1n) is 6.05. The molecule has 7 nitrogen and oxygen atoms in total. The van der Waals surface area contributed by atoms with Crippen molar-refractivity contribution in [1.82, 2.24) is 19.7 Å². The van der Waals surface area contributed by atoms with E-state index in [9.17, 15) is 4.79 Å². The number of piperidine rings is 1. The van der Waals surface area contributed by atoms with Gasteiger partial charge in [-0.25, -0.2) is 9.67 Å². The van der Waals surface area contributed by atoms with Gasteiger partial charge in [0.05, 0.1) is 6.10 Å². The first kappa shape index (κ1) is 12.8. The molecule has 1 aliphatic rings. The average Bonchev–Trinajstić information content (AvgIpc) is 2.75. The van der Waals surface area contributed by atoms with Crippen LogP contribution in [0.3, 0.4) is 0 Å². The van der Waals surface area contributed by atoms with Crippen LogP contribution < -0.4 is 5.73 Å². The Morgan fingerprint density at radius 3 is 3.06 bits per heavy atom. The molecule has 2 rings (SSSR count). The summed E-state index contributed by atoms with van der Waals surface area (Å²) in [4.78, 5) is 17.7. The molecule has 2 N–H and O–H groups in total. The van der Waals surface area contributed by atoms with Crippen LogP contribution in [0.4, 0.5) is 5.95 Å². The monoisotopic (exact) mass is 253 g/mol. The Kier molecular flexibility index (Phi) is 3.81. The summed E-state index contributed by atoms with van der Waals surface area (Å²) in [6.45, 7) is 3.73. The molecule has 1 aromatic heterocycles. The van der Waals surface area contributed by atoms with E-state index < -0.39 is 0 Å². The van der Waals surface area contributed by atoms with Crippen LogP contribution in [0.25, 0.3) is 0 Å². The van der Waals surface area contributed by atoms with Crippen molar-refractivity contribution in [2.24, 2.45) is 5.92 Å². The van der Waals surface area contributed by atoms with E-state index in [0.717, 1.165) is 13.0 Å². The highest BCUT2D eigenvalue weighted by Crippen LogP contribution is 2.19. The smallest absolute Gasteiger partial charge is 0.244 e. The molecule has 2 unspecified atom stereocenters. The summed E-state index contributed by atoms with van der Waals surface area (Å²) in [5, 5.41) is 3.90. The molecule has 1 amide bonds. The van der Waals surface area contributed by atoms with Gasteiger partial charge in [0.2, 0.25) is 11.9 Å². The van der Waals surface area contributed by atoms with Crippen molar-refractivity contribution in [1.29, 1.82) is 0 Å². The maximum absolute atomic E-state index is 12.1. The van der Waals surface area contributed by atoms with Crippen molar-refractivity contribution < 1.29 is 9.53 Å². The molecule has 0 aliphatic carbocycles. The lowest BCUT2D eigenvalue weighted by Crippen LogP contribution is -2.47. The number of methoxy groups -OCH3 is 1. The normalized spacial score (nSPS) is 24.2. The number of ether oxygens (including phenoxy) is 1. The maximum atomic E-state index is 12.1. The van der Waals surface area contributed by atoms with Gasteiger partial charge in [0.1, 0.15) is 12.9 Å². The van der Waals surface area contributed by atoms with Crippen molar-refractivity contribution in [3.8, 4) is 0 Å². The summed E-state index contributed by atoms with van der Waals surface area (Å²) in [7, 11) is 1.69. The highest BCUT2D eigenvalue weighted by atomic mass is 16.5. The Labute approximate surface area is 106 Å². The molecule has 100 valence electrons. The van der Waals surface area contributed by atoms with E-state index in [1.807, 2.05) is 4.90 Å². The minimum atomic E-state index is 0.0221. The van der Waals surface area contributed by atoms with Crippen LogP contribution in [0.1, 0.15) is 13.3 Å².